The molecule has 6 aromatic rings. The third-order valence-corrected chi connectivity index (χ3v) is 16.2. The van der Waals surface area contributed by atoms with Crippen LogP contribution >= 0.6 is 34.0 Å². The van der Waals surface area contributed by atoms with Crippen LogP contribution < -0.4 is 0 Å². The summed E-state index contributed by atoms with van der Waals surface area (Å²) in [6.45, 7) is 40.8. The monoisotopic (exact) mass is 1220 g/mol. The summed E-state index contributed by atoms with van der Waals surface area (Å²) in [5.74, 6) is -1.49. The fraction of sp³-hybridized carbons (Fsp3) is 0.619. The molecule has 5 atom stereocenters. The summed E-state index contributed by atoms with van der Waals surface area (Å²) in [6, 6.07) is 21.0. The Labute approximate surface area is 487 Å². The first-order valence-corrected chi connectivity index (χ1v) is 29.9. The van der Waals surface area contributed by atoms with Gasteiger partial charge in [0.15, 0.2) is 0 Å². The number of aryl methyl sites for hydroxylation is 4. The molecule has 0 bridgehead atoms. The van der Waals surface area contributed by atoms with Crippen molar-refractivity contribution in [2.45, 2.75) is 206 Å². The van der Waals surface area contributed by atoms with Gasteiger partial charge in [0.05, 0.1) is 18.1 Å². The summed E-state index contributed by atoms with van der Waals surface area (Å²) in [5.41, 5.74) is 0.262. The zero-order valence-electron chi connectivity index (χ0n) is 51.1. The highest BCUT2D eigenvalue weighted by molar-refractivity contribution is 7.12. The first kappa shape index (κ1) is 75.1. The second kappa shape index (κ2) is 32.4. The topological polar surface area (TPSA) is 39.4 Å². The fourth-order valence-corrected chi connectivity index (χ4v) is 13.6. The SMILES string of the molecule is CC(C)C(c1ccco1)C(F)(F)F.CC(C)C(c1cccs1)C(F)(F)F.Cc1ccc(C(C(C)C)C(C)C)s1.Cc1ccc(C(C(C)C)C(F)(F)F)o1.Cc1ccc(C(C(C)C)C(F)(F)F)s1.Cc1ccc([C@H](C(C)C)C(C)(C)C)o1. The molecule has 0 aromatic carbocycles. The number of halogens is 12. The molecule has 0 aliphatic carbocycles. The molecular formula is C63H90F12O3S3. The van der Waals surface area contributed by atoms with E-state index in [1.165, 1.54) is 79.7 Å². The summed E-state index contributed by atoms with van der Waals surface area (Å²) in [7, 11) is 0. The predicted molar refractivity (Wildman–Crippen MR) is 312 cm³/mol. The van der Waals surface area contributed by atoms with Crippen LogP contribution in [0, 0.1) is 74.5 Å². The van der Waals surface area contributed by atoms with Gasteiger partial charge in [-0.2, -0.15) is 52.7 Å². The van der Waals surface area contributed by atoms with Crippen molar-refractivity contribution in [2.24, 2.45) is 46.8 Å². The third kappa shape index (κ3) is 25.5. The van der Waals surface area contributed by atoms with E-state index in [-0.39, 0.29) is 16.9 Å². The Morgan fingerprint density at radius 2 is 0.716 bits per heavy atom. The van der Waals surface area contributed by atoms with Crippen molar-refractivity contribution in [1.82, 2.24) is 0 Å². The molecule has 4 unspecified atom stereocenters. The molecule has 0 saturated heterocycles. The normalized spacial score (nSPS) is 14.4. The minimum Gasteiger partial charge on any atom is -0.469 e. The van der Waals surface area contributed by atoms with E-state index < -0.39 is 72.0 Å². The second-order valence-corrected chi connectivity index (χ2v) is 27.6. The van der Waals surface area contributed by atoms with E-state index in [1.807, 2.05) is 25.2 Å². The van der Waals surface area contributed by atoms with Crippen molar-refractivity contribution in [3.05, 3.63) is 138 Å². The van der Waals surface area contributed by atoms with Crippen molar-refractivity contribution in [2.75, 3.05) is 0 Å². The number of hydrogen-bond donors (Lipinski definition) is 0. The van der Waals surface area contributed by atoms with Gasteiger partial charge in [-0.25, -0.2) is 0 Å². The van der Waals surface area contributed by atoms with Gasteiger partial charge in [-0.3, -0.25) is 0 Å². The van der Waals surface area contributed by atoms with Gasteiger partial charge < -0.3 is 13.3 Å². The van der Waals surface area contributed by atoms with Crippen LogP contribution in [0.15, 0.2) is 97.7 Å². The summed E-state index contributed by atoms with van der Waals surface area (Å²) < 4.78 is 166. The van der Waals surface area contributed by atoms with Gasteiger partial charge in [-0.05, 0) is 153 Å². The van der Waals surface area contributed by atoms with Gasteiger partial charge in [0.1, 0.15) is 40.6 Å². The lowest BCUT2D eigenvalue weighted by Crippen LogP contribution is -2.24. The average molecular weight is 1220 g/mol. The molecule has 0 aliphatic rings. The Balaban J connectivity index is 0.000000486. The van der Waals surface area contributed by atoms with Gasteiger partial charge >= 0.3 is 24.7 Å². The first-order valence-electron chi connectivity index (χ1n) is 27.4. The van der Waals surface area contributed by atoms with Gasteiger partial charge in [-0.15, -0.1) is 34.0 Å². The zero-order valence-corrected chi connectivity index (χ0v) is 53.5. The summed E-state index contributed by atoms with van der Waals surface area (Å²) in [5, 5.41) is 1.68. The fourth-order valence-electron chi connectivity index (χ4n) is 10.1. The molecule has 0 N–H and O–H groups in total. The van der Waals surface area contributed by atoms with Crippen molar-refractivity contribution in [3.63, 3.8) is 0 Å². The van der Waals surface area contributed by atoms with Crippen molar-refractivity contribution in [3.8, 4) is 0 Å². The van der Waals surface area contributed by atoms with Gasteiger partial charge in [0.2, 0.25) is 0 Å². The van der Waals surface area contributed by atoms with Crippen LogP contribution in [0.5, 0.6) is 0 Å². The van der Waals surface area contributed by atoms with E-state index in [4.69, 9.17) is 13.3 Å². The predicted octanol–water partition coefficient (Wildman–Crippen LogP) is 24.7. The Bertz CT molecular complexity index is 2360. The van der Waals surface area contributed by atoms with E-state index in [0.29, 0.717) is 27.4 Å². The highest BCUT2D eigenvalue weighted by Gasteiger charge is 2.47. The number of hydrogen-bond acceptors (Lipinski definition) is 6. The van der Waals surface area contributed by atoms with Gasteiger partial charge in [0.25, 0.3) is 0 Å². The summed E-state index contributed by atoms with van der Waals surface area (Å²) in [6.07, 6.45) is -15.5. The van der Waals surface area contributed by atoms with Crippen LogP contribution in [0.4, 0.5) is 52.7 Å². The van der Waals surface area contributed by atoms with E-state index in [1.54, 1.807) is 75.2 Å². The van der Waals surface area contributed by atoms with Crippen LogP contribution in [-0.4, -0.2) is 24.7 Å². The molecule has 0 spiro atoms. The summed E-state index contributed by atoms with van der Waals surface area (Å²) in [4.78, 5) is 4.74. The van der Waals surface area contributed by atoms with Crippen LogP contribution in [0.2, 0.25) is 0 Å². The Morgan fingerprint density at radius 3 is 0.975 bits per heavy atom. The lowest BCUT2D eigenvalue weighted by Gasteiger charge is -2.32. The highest BCUT2D eigenvalue weighted by Crippen LogP contribution is 2.46. The molecule has 0 fully saturated rings. The second-order valence-electron chi connectivity index (χ2n) is 24.0. The molecule has 0 amide bonds. The van der Waals surface area contributed by atoms with Gasteiger partial charge in [-0.1, -0.05) is 124 Å². The molecule has 462 valence electrons. The van der Waals surface area contributed by atoms with Crippen LogP contribution in [0.25, 0.3) is 0 Å². The van der Waals surface area contributed by atoms with Crippen LogP contribution in [-0.2, 0) is 0 Å². The Kier molecular flexibility index (Phi) is 30.0. The standard InChI is InChI=1S/C13H22O.C12H20S.C10H13F3O.C10H13F3S.C9H11F3O.C9H11F3S/c1-9(2)12(13(4,5)6)11-8-7-10(3)14-11;1-8(2)12(9(3)4)11-7-6-10(5)13-11;2*1-6(2)9(10(11,12)13)8-5-4-7(3)14-8;2*1-6(2)8(9(10,11)12)7-4-3-5-13-7/h7-9,12H,1-6H3;6-9,12H,1-5H3;2*4-6,9H,1-3H3;2*3-6,8H,1-2H3/t12-;;;;;/m0...../s1. The quantitative estimate of drug-likeness (QED) is 0.108. The van der Waals surface area contributed by atoms with Crippen molar-refractivity contribution in [1.29, 1.82) is 0 Å². The molecule has 6 heterocycles. The first-order chi connectivity index (χ1) is 36.8. The molecule has 81 heavy (non-hydrogen) atoms. The van der Waals surface area contributed by atoms with E-state index in [9.17, 15) is 52.7 Å². The number of alkyl halides is 12. The maximum Gasteiger partial charge on any atom is 0.399 e. The molecule has 0 radical (unpaired) electrons. The van der Waals surface area contributed by atoms with Crippen molar-refractivity contribution >= 4 is 34.0 Å². The maximum atomic E-state index is 12.7. The lowest BCUT2D eigenvalue weighted by atomic mass is 9.73. The van der Waals surface area contributed by atoms with Gasteiger partial charge in [0, 0.05) is 30.3 Å². The highest BCUT2D eigenvalue weighted by atomic mass is 32.1. The Hall–Kier alpha value is -3.90. The average Bonchev–Trinajstić information content (AvgIpc) is 4.13. The minimum absolute atomic E-state index is 0.00463. The van der Waals surface area contributed by atoms with E-state index in [2.05, 4.69) is 93.5 Å². The molecule has 0 saturated carbocycles. The van der Waals surface area contributed by atoms with E-state index in [0.717, 1.165) is 34.2 Å². The Morgan fingerprint density at radius 1 is 0.358 bits per heavy atom. The maximum absolute atomic E-state index is 12.7. The van der Waals surface area contributed by atoms with Crippen molar-refractivity contribution < 1.29 is 65.9 Å². The molecule has 6 rings (SSSR count). The lowest BCUT2D eigenvalue weighted by molar-refractivity contribution is -0.164. The molecule has 3 nitrogen and oxygen atoms in total. The van der Waals surface area contributed by atoms with Crippen LogP contribution in [0.1, 0.15) is 206 Å². The number of rotatable bonds is 13. The third-order valence-electron chi connectivity index (χ3n) is 13.1. The largest absolute Gasteiger partial charge is 0.469 e. The zero-order chi connectivity index (χ0) is 62.9. The molecule has 6 aromatic heterocycles. The number of thiophene rings is 3. The van der Waals surface area contributed by atoms with E-state index >= 15 is 0 Å². The number of furan rings is 3. The smallest absolute Gasteiger partial charge is 0.399 e. The van der Waals surface area contributed by atoms with Crippen LogP contribution in [0.3, 0.4) is 0 Å². The molecular weight excluding hydrogens is 1130 g/mol. The molecule has 0 aliphatic heterocycles. The molecule has 18 heteroatoms. The summed E-state index contributed by atoms with van der Waals surface area (Å²) >= 11 is 4.35. The minimum atomic E-state index is -4.24.